The Kier molecular flexibility index (Phi) is 6.95. The predicted octanol–water partition coefficient (Wildman–Crippen LogP) is 4.17. The second-order valence-corrected chi connectivity index (χ2v) is 9.70. The van der Waals surface area contributed by atoms with Crippen molar-refractivity contribution in [2.75, 3.05) is 4.31 Å². The number of anilines is 1. The average molecular weight is 524 g/mol. The Hall–Kier alpha value is -2.93. The molecule has 0 amide bonds. The van der Waals surface area contributed by atoms with E-state index in [1.165, 1.54) is 54.7 Å². The molecular weight excluding hydrogens is 510 g/mol. The normalized spacial score (nSPS) is 12.9. The Morgan fingerprint density at radius 2 is 1.84 bits per heavy atom. The number of rotatable bonds is 7. The van der Waals surface area contributed by atoms with E-state index in [9.17, 15) is 27.3 Å². The summed E-state index contributed by atoms with van der Waals surface area (Å²) in [6, 6.07) is 15.4. The minimum Gasteiger partial charge on any atom is -0.289 e. The van der Waals surface area contributed by atoms with Crippen LogP contribution in [0, 0.1) is 10.1 Å². The van der Waals surface area contributed by atoms with Crippen molar-refractivity contribution in [1.29, 1.82) is 0 Å². The van der Waals surface area contributed by atoms with Crippen molar-refractivity contribution in [3.05, 3.63) is 99.3 Å². The van der Waals surface area contributed by atoms with Crippen molar-refractivity contribution in [1.82, 2.24) is 4.98 Å². The van der Waals surface area contributed by atoms with Crippen LogP contribution in [-0.4, -0.2) is 27.1 Å². The third-order valence-corrected chi connectivity index (χ3v) is 6.94. The van der Waals surface area contributed by atoms with Crippen LogP contribution in [0.3, 0.4) is 0 Å². The number of sulfone groups is 1. The number of aromatic nitrogens is 1. The molecule has 3 aromatic rings. The Bertz CT molecular complexity index is 1270. The maximum atomic E-state index is 13.4. The first-order chi connectivity index (χ1) is 14.7. The first-order valence-corrected chi connectivity index (χ1v) is 11.8. The van der Waals surface area contributed by atoms with E-state index in [4.69, 9.17) is 0 Å². The van der Waals surface area contributed by atoms with Crippen LogP contribution in [0.2, 0.25) is 0 Å². The SMILES string of the molecule is O=[N+]([O-])c1cccc(C(=CN(c2ccc(Br)cn2)S(=O)O)S(=O)(=O)c2ccccc2)c1. The van der Waals surface area contributed by atoms with Crippen LogP contribution in [0.1, 0.15) is 5.56 Å². The Labute approximate surface area is 188 Å². The standard InChI is InChI=1S/C19H14BrN3O6S2/c20-15-9-10-19(21-12-15)22(30(26)27)13-18(14-5-4-6-16(11-14)23(24)25)31(28,29)17-7-2-1-3-8-17/h1-13H,(H,26,27). The molecule has 0 saturated carbocycles. The zero-order chi connectivity index (χ0) is 22.6. The molecule has 3 rings (SSSR count). The second-order valence-electron chi connectivity index (χ2n) is 6.01. The van der Waals surface area contributed by atoms with Crippen molar-refractivity contribution in [3.63, 3.8) is 0 Å². The molecule has 12 heteroatoms. The van der Waals surface area contributed by atoms with Gasteiger partial charge in [-0.2, -0.15) is 0 Å². The lowest BCUT2D eigenvalue weighted by Crippen LogP contribution is -2.21. The Morgan fingerprint density at radius 1 is 1.13 bits per heavy atom. The third-order valence-electron chi connectivity index (χ3n) is 4.02. The monoisotopic (exact) mass is 523 g/mol. The largest absolute Gasteiger partial charge is 0.289 e. The van der Waals surface area contributed by atoms with Crippen molar-refractivity contribution in [2.24, 2.45) is 0 Å². The molecule has 1 unspecified atom stereocenters. The third kappa shape index (κ3) is 5.22. The number of hydrogen-bond acceptors (Lipinski definition) is 6. The number of pyridine rings is 1. The lowest BCUT2D eigenvalue weighted by Gasteiger charge is -2.17. The summed E-state index contributed by atoms with van der Waals surface area (Å²) in [6.07, 6.45) is 2.31. The molecule has 0 aliphatic carbocycles. The Morgan fingerprint density at radius 3 is 2.42 bits per heavy atom. The summed E-state index contributed by atoms with van der Waals surface area (Å²) in [5, 5.41) is 11.2. The summed E-state index contributed by atoms with van der Waals surface area (Å²) < 4.78 is 50.0. The molecule has 0 bridgehead atoms. The number of non-ortho nitro benzene ring substituents is 1. The van der Waals surface area contributed by atoms with Gasteiger partial charge in [-0.25, -0.2) is 21.9 Å². The zero-order valence-electron chi connectivity index (χ0n) is 15.5. The summed E-state index contributed by atoms with van der Waals surface area (Å²) in [5.41, 5.74) is -0.351. The van der Waals surface area contributed by atoms with Crippen LogP contribution >= 0.6 is 15.9 Å². The van der Waals surface area contributed by atoms with Gasteiger partial charge in [-0.3, -0.25) is 14.7 Å². The number of hydrogen-bond donors (Lipinski definition) is 1. The lowest BCUT2D eigenvalue weighted by atomic mass is 10.2. The van der Waals surface area contributed by atoms with Gasteiger partial charge >= 0.3 is 0 Å². The van der Waals surface area contributed by atoms with Gasteiger partial charge in [-0.1, -0.05) is 30.3 Å². The van der Waals surface area contributed by atoms with Crippen molar-refractivity contribution in [3.8, 4) is 0 Å². The van der Waals surface area contributed by atoms with Gasteiger partial charge in [0, 0.05) is 34.6 Å². The molecule has 1 heterocycles. The number of benzene rings is 2. The molecule has 1 N–H and O–H groups in total. The molecule has 0 fully saturated rings. The van der Waals surface area contributed by atoms with E-state index < -0.39 is 30.9 Å². The highest BCUT2D eigenvalue weighted by Crippen LogP contribution is 2.31. The van der Waals surface area contributed by atoms with E-state index in [-0.39, 0.29) is 22.0 Å². The maximum Gasteiger partial charge on any atom is 0.270 e. The minimum atomic E-state index is -4.23. The van der Waals surface area contributed by atoms with E-state index in [0.29, 0.717) is 4.47 Å². The van der Waals surface area contributed by atoms with Gasteiger partial charge in [0.05, 0.1) is 14.7 Å². The topological polar surface area (TPSA) is 131 Å². The molecule has 9 nitrogen and oxygen atoms in total. The highest BCUT2D eigenvalue weighted by atomic mass is 79.9. The van der Waals surface area contributed by atoms with Gasteiger partial charge < -0.3 is 0 Å². The van der Waals surface area contributed by atoms with Gasteiger partial charge in [0.1, 0.15) is 5.82 Å². The molecule has 0 spiro atoms. The first-order valence-electron chi connectivity index (χ1n) is 8.48. The number of nitrogens with zero attached hydrogens (tertiary/aromatic N) is 3. The fourth-order valence-corrected chi connectivity index (χ4v) is 4.81. The molecule has 160 valence electrons. The molecule has 0 radical (unpaired) electrons. The number of halogens is 1. The number of nitro groups is 1. The predicted molar refractivity (Wildman–Crippen MR) is 120 cm³/mol. The van der Waals surface area contributed by atoms with Crippen molar-refractivity contribution >= 4 is 53.4 Å². The van der Waals surface area contributed by atoms with E-state index >= 15 is 0 Å². The first kappa shape index (κ1) is 22.7. The second kappa shape index (κ2) is 9.47. The molecule has 0 aliphatic rings. The molecule has 1 aromatic heterocycles. The van der Waals surface area contributed by atoms with Crippen molar-refractivity contribution in [2.45, 2.75) is 4.90 Å². The molecule has 0 saturated heterocycles. The number of nitro benzene ring substituents is 1. The fourth-order valence-electron chi connectivity index (χ4n) is 2.59. The van der Waals surface area contributed by atoms with E-state index in [1.54, 1.807) is 12.1 Å². The van der Waals surface area contributed by atoms with Gasteiger partial charge in [-0.05, 0) is 40.2 Å². The van der Waals surface area contributed by atoms with Gasteiger partial charge in [-0.15, -0.1) is 0 Å². The highest BCUT2D eigenvalue weighted by Gasteiger charge is 2.26. The van der Waals surface area contributed by atoms with Crippen LogP contribution in [0.4, 0.5) is 11.5 Å². The summed E-state index contributed by atoms with van der Waals surface area (Å²) in [5.74, 6) is -0.00442. The van der Waals surface area contributed by atoms with E-state index in [1.807, 2.05) is 0 Å². The van der Waals surface area contributed by atoms with E-state index in [2.05, 4.69) is 20.9 Å². The molecule has 0 aliphatic heterocycles. The summed E-state index contributed by atoms with van der Waals surface area (Å²) >= 11 is 0.529. The Balaban J connectivity index is 2.26. The molecular formula is C19H14BrN3O6S2. The molecule has 1 atom stereocenters. The van der Waals surface area contributed by atoms with Crippen LogP contribution < -0.4 is 4.31 Å². The quantitative estimate of drug-likeness (QED) is 0.279. The highest BCUT2D eigenvalue weighted by molar-refractivity contribution is 9.10. The zero-order valence-corrected chi connectivity index (χ0v) is 18.7. The average Bonchev–Trinajstić information content (AvgIpc) is 2.75. The van der Waals surface area contributed by atoms with Crippen LogP contribution in [0.5, 0.6) is 0 Å². The van der Waals surface area contributed by atoms with Crippen LogP contribution in [-0.2, 0) is 21.1 Å². The molecule has 31 heavy (non-hydrogen) atoms. The lowest BCUT2D eigenvalue weighted by molar-refractivity contribution is -0.384. The van der Waals surface area contributed by atoms with Gasteiger partial charge in [0.2, 0.25) is 9.84 Å². The summed E-state index contributed by atoms with van der Waals surface area (Å²) in [6.45, 7) is 0. The van der Waals surface area contributed by atoms with E-state index in [0.717, 1.165) is 16.6 Å². The van der Waals surface area contributed by atoms with Crippen LogP contribution in [0.15, 0.2) is 88.5 Å². The van der Waals surface area contributed by atoms with Crippen molar-refractivity contribution < 1.29 is 22.1 Å². The van der Waals surface area contributed by atoms with Crippen LogP contribution in [0.25, 0.3) is 4.91 Å². The van der Waals surface area contributed by atoms with Gasteiger partial charge in [0.25, 0.3) is 17.0 Å². The maximum absolute atomic E-state index is 13.4. The fraction of sp³-hybridized carbons (Fsp3) is 0. The van der Waals surface area contributed by atoms with Gasteiger partial charge in [0.15, 0.2) is 0 Å². The summed E-state index contributed by atoms with van der Waals surface area (Å²) in [7, 11) is -4.23. The minimum absolute atomic E-state index is 0.00442. The smallest absolute Gasteiger partial charge is 0.270 e. The summed E-state index contributed by atoms with van der Waals surface area (Å²) in [4.78, 5) is 14.1. The molecule has 2 aromatic carbocycles.